The number of carbonyl (C=O) groups is 1. The molecule has 5 heteroatoms. The largest absolute Gasteiger partial charge is 0.317 e. The van der Waals surface area contributed by atoms with Gasteiger partial charge < -0.3 is 5.32 Å². The molecule has 1 heterocycles. The van der Waals surface area contributed by atoms with Gasteiger partial charge >= 0.3 is 0 Å². The van der Waals surface area contributed by atoms with Crippen LogP contribution in [0.5, 0.6) is 0 Å². The molecule has 1 aromatic heterocycles. The van der Waals surface area contributed by atoms with Crippen LogP contribution in [0, 0.1) is 0 Å². The lowest BCUT2D eigenvalue weighted by atomic mass is 10.2. The quantitative estimate of drug-likeness (QED) is 0.671. The van der Waals surface area contributed by atoms with E-state index in [2.05, 4.69) is 15.6 Å². The van der Waals surface area contributed by atoms with Gasteiger partial charge in [0, 0.05) is 12.3 Å². The number of pyridine rings is 1. The summed E-state index contributed by atoms with van der Waals surface area (Å²) in [6.45, 7) is 0. The predicted molar refractivity (Wildman–Crippen MR) is 84.1 cm³/mol. The molecule has 20 heavy (non-hydrogen) atoms. The van der Waals surface area contributed by atoms with Crippen LogP contribution in [0.2, 0.25) is 0 Å². The van der Waals surface area contributed by atoms with E-state index in [-0.39, 0.29) is 11.0 Å². The Hall–Kier alpha value is -2.53. The summed E-state index contributed by atoms with van der Waals surface area (Å²) < 4.78 is 0. The Kier molecular flexibility index (Phi) is 4.97. The maximum absolute atomic E-state index is 11.7. The van der Waals surface area contributed by atoms with Crippen molar-refractivity contribution in [3.8, 4) is 0 Å². The number of thiocarbonyl (C=S) groups is 1. The molecule has 2 rings (SSSR count). The summed E-state index contributed by atoms with van der Waals surface area (Å²) in [5.41, 5.74) is 0.950. The minimum Gasteiger partial charge on any atom is -0.317 e. The van der Waals surface area contributed by atoms with Crippen molar-refractivity contribution < 1.29 is 4.79 Å². The number of carbonyl (C=O) groups excluding carboxylic acids is 1. The highest BCUT2D eigenvalue weighted by Crippen LogP contribution is 2.01. The zero-order chi connectivity index (χ0) is 14.2. The molecule has 4 nitrogen and oxygen atoms in total. The maximum atomic E-state index is 11.7. The van der Waals surface area contributed by atoms with E-state index in [1.165, 1.54) is 6.08 Å². The molecule has 0 bridgehead atoms. The number of nitrogens with one attached hydrogen (secondary N) is 2. The molecule has 0 aliphatic heterocycles. The van der Waals surface area contributed by atoms with Crippen molar-refractivity contribution >= 4 is 35.1 Å². The molecule has 1 aromatic carbocycles. The van der Waals surface area contributed by atoms with E-state index in [1.807, 2.05) is 36.4 Å². The van der Waals surface area contributed by atoms with Crippen LogP contribution in [0.1, 0.15) is 5.56 Å². The van der Waals surface area contributed by atoms with Gasteiger partial charge in [-0.05, 0) is 36.0 Å². The van der Waals surface area contributed by atoms with Gasteiger partial charge in [-0.3, -0.25) is 10.1 Å². The number of nitrogens with zero attached hydrogens (tertiary/aromatic N) is 1. The van der Waals surface area contributed by atoms with Crippen molar-refractivity contribution in [2.45, 2.75) is 0 Å². The van der Waals surface area contributed by atoms with E-state index in [4.69, 9.17) is 12.2 Å². The first kappa shape index (κ1) is 13.9. The molecule has 0 saturated carbocycles. The van der Waals surface area contributed by atoms with E-state index >= 15 is 0 Å². The van der Waals surface area contributed by atoms with Crippen LogP contribution in [0.3, 0.4) is 0 Å². The van der Waals surface area contributed by atoms with Crippen molar-refractivity contribution in [3.05, 3.63) is 66.4 Å². The lowest BCUT2D eigenvalue weighted by Gasteiger charge is -2.06. The molecule has 2 aromatic rings. The van der Waals surface area contributed by atoms with Crippen LogP contribution in [0.25, 0.3) is 6.08 Å². The molecule has 0 saturated heterocycles. The molecule has 0 atom stereocenters. The Bertz CT molecular complexity index is 612. The van der Waals surface area contributed by atoms with Crippen LogP contribution >= 0.6 is 12.2 Å². The molecule has 0 aliphatic rings. The number of hydrogen-bond acceptors (Lipinski definition) is 3. The number of anilines is 1. The van der Waals surface area contributed by atoms with E-state index in [1.54, 1.807) is 24.4 Å². The van der Waals surface area contributed by atoms with Crippen molar-refractivity contribution in [2.75, 3.05) is 5.32 Å². The number of benzene rings is 1. The predicted octanol–water partition coefficient (Wildman–Crippen LogP) is 2.61. The van der Waals surface area contributed by atoms with Crippen molar-refractivity contribution in [1.82, 2.24) is 10.3 Å². The van der Waals surface area contributed by atoms with Gasteiger partial charge in [0.1, 0.15) is 5.82 Å². The van der Waals surface area contributed by atoms with Crippen LogP contribution in [0.4, 0.5) is 5.82 Å². The van der Waals surface area contributed by atoms with Crippen molar-refractivity contribution in [2.24, 2.45) is 0 Å². The molecule has 2 N–H and O–H groups in total. The summed E-state index contributed by atoms with van der Waals surface area (Å²) >= 11 is 5.03. The third kappa shape index (κ3) is 4.62. The first-order chi connectivity index (χ1) is 9.74. The molecule has 0 unspecified atom stereocenters. The second-order valence-corrected chi connectivity index (χ2v) is 4.31. The van der Waals surface area contributed by atoms with Crippen LogP contribution in [-0.4, -0.2) is 16.0 Å². The molecule has 0 aliphatic carbocycles. The zero-order valence-electron chi connectivity index (χ0n) is 10.6. The summed E-state index contributed by atoms with van der Waals surface area (Å²) in [5, 5.41) is 5.59. The zero-order valence-corrected chi connectivity index (χ0v) is 11.4. The topological polar surface area (TPSA) is 54.0 Å². The lowest BCUT2D eigenvalue weighted by molar-refractivity contribution is -0.115. The Balaban J connectivity index is 1.85. The highest BCUT2D eigenvalue weighted by atomic mass is 32.1. The molecule has 100 valence electrons. The van der Waals surface area contributed by atoms with Crippen LogP contribution < -0.4 is 10.6 Å². The Morgan fingerprint density at radius 3 is 2.55 bits per heavy atom. The fourth-order valence-corrected chi connectivity index (χ4v) is 1.68. The van der Waals surface area contributed by atoms with E-state index < -0.39 is 0 Å². The summed E-state index contributed by atoms with van der Waals surface area (Å²) in [6.07, 6.45) is 4.79. The van der Waals surface area contributed by atoms with Gasteiger partial charge in [-0.1, -0.05) is 36.4 Å². The maximum Gasteiger partial charge on any atom is 0.250 e. The van der Waals surface area contributed by atoms with Gasteiger partial charge in [0.15, 0.2) is 5.11 Å². The Morgan fingerprint density at radius 2 is 1.85 bits per heavy atom. The summed E-state index contributed by atoms with van der Waals surface area (Å²) in [7, 11) is 0. The molecule has 0 fully saturated rings. The average molecular weight is 283 g/mol. The number of aromatic nitrogens is 1. The van der Waals surface area contributed by atoms with Gasteiger partial charge in [0.2, 0.25) is 5.91 Å². The first-order valence-corrected chi connectivity index (χ1v) is 6.41. The Morgan fingerprint density at radius 1 is 1.10 bits per heavy atom. The highest BCUT2D eigenvalue weighted by molar-refractivity contribution is 7.80. The third-order valence-corrected chi connectivity index (χ3v) is 2.57. The first-order valence-electron chi connectivity index (χ1n) is 6.00. The number of rotatable bonds is 3. The van der Waals surface area contributed by atoms with E-state index in [0.717, 1.165) is 5.56 Å². The summed E-state index contributed by atoms with van der Waals surface area (Å²) in [6, 6.07) is 14.9. The van der Waals surface area contributed by atoms with Crippen LogP contribution in [0.15, 0.2) is 60.8 Å². The minimum absolute atomic E-state index is 0.214. The molecule has 0 spiro atoms. The summed E-state index contributed by atoms with van der Waals surface area (Å²) in [4.78, 5) is 15.7. The summed E-state index contributed by atoms with van der Waals surface area (Å²) in [5.74, 6) is 0.298. The second kappa shape index (κ2) is 7.16. The third-order valence-electron chi connectivity index (χ3n) is 2.37. The van der Waals surface area contributed by atoms with Gasteiger partial charge in [-0.2, -0.15) is 0 Å². The van der Waals surface area contributed by atoms with Crippen molar-refractivity contribution in [3.63, 3.8) is 0 Å². The van der Waals surface area contributed by atoms with Gasteiger partial charge in [0.25, 0.3) is 0 Å². The molecule has 0 radical (unpaired) electrons. The van der Waals surface area contributed by atoms with Gasteiger partial charge in [0.05, 0.1) is 0 Å². The van der Waals surface area contributed by atoms with Gasteiger partial charge in [-0.25, -0.2) is 4.98 Å². The van der Waals surface area contributed by atoms with E-state index in [0.29, 0.717) is 5.82 Å². The fraction of sp³-hybridized carbons (Fsp3) is 0. The molecular weight excluding hydrogens is 270 g/mol. The SMILES string of the molecule is O=C(/C=C/c1ccccc1)NC(=S)Nc1ccccn1. The number of amides is 1. The highest BCUT2D eigenvalue weighted by Gasteiger charge is 2.01. The average Bonchev–Trinajstić information content (AvgIpc) is 2.47. The standard InChI is InChI=1S/C15H13N3OS/c19-14(10-9-12-6-2-1-3-7-12)18-15(20)17-13-8-4-5-11-16-13/h1-11H,(H2,16,17,18,19,20)/b10-9+. The van der Waals surface area contributed by atoms with Crippen molar-refractivity contribution in [1.29, 1.82) is 0 Å². The monoisotopic (exact) mass is 283 g/mol. The van der Waals surface area contributed by atoms with Gasteiger partial charge in [-0.15, -0.1) is 0 Å². The fourth-order valence-electron chi connectivity index (χ4n) is 1.47. The minimum atomic E-state index is -0.290. The second-order valence-electron chi connectivity index (χ2n) is 3.90. The molecule has 1 amide bonds. The smallest absolute Gasteiger partial charge is 0.250 e. The Labute approximate surface area is 122 Å². The lowest BCUT2D eigenvalue weighted by Crippen LogP contribution is -2.33. The molecular formula is C15H13N3OS. The van der Waals surface area contributed by atoms with Crippen LogP contribution in [-0.2, 0) is 4.79 Å². The normalized spacial score (nSPS) is 10.2. The van der Waals surface area contributed by atoms with E-state index in [9.17, 15) is 4.79 Å². The number of hydrogen-bond donors (Lipinski definition) is 2.